The Morgan fingerprint density at radius 2 is 2.29 bits per heavy atom. The largest absolute Gasteiger partial charge is 0.378 e. The van der Waals surface area contributed by atoms with Gasteiger partial charge >= 0.3 is 0 Å². The second-order valence-corrected chi connectivity index (χ2v) is 4.83. The molecule has 9 heteroatoms. The first kappa shape index (κ1) is 13.9. The molecule has 1 saturated heterocycles. The zero-order valence-corrected chi connectivity index (χ0v) is 11.8. The third-order valence-corrected chi connectivity index (χ3v) is 3.27. The minimum Gasteiger partial charge on any atom is -0.378 e. The number of carbonyl (C=O) groups is 1. The van der Waals surface area contributed by atoms with Crippen LogP contribution in [0.2, 0.25) is 5.02 Å². The second kappa shape index (κ2) is 6.17. The van der Waals surface area contributed by atoms with Crippen molar-refractivity contribution in [1.82, 2.24) is 30.6 Å². The lowest BCUT2D eigenvalue weighted by atomic mass is 10.1. The standard InChI is InChI=1S/C12H13ClN6O2/c13-9-1-2-11(19-8-14-16-17-19)10(7-9)12(20)18-4-6-21-5-3-15-18/h1-2,7-8,15H,3-6H2. The average Bonchev–Trinajstić information content (AvgIpc) is 2.88. The molecule has 0 unspecified atom stereocenters. The van der Waals surface area contributed by atoms with Crippen molar-refractivity contribution in [1.29, 1.82) is 0 Å². The van der Waals surface area contributed by atoms with Gasteiger partial charge in [0.1, 0.15) is 6.33 Å². The van der Waals surface area contributed by atoms with Crippen molar-refractivity contribution >= 4 is 17.5 Å². The summed E-state index contributed by atoms with van der Waals surface area (Å²) in [6, 6.07) is 5.00. The van der Waals surface area contributed by atoms with Gasteiger partial charge in [0.05, 0.1) is 31.0 Å². The van der Waals surface area contributed by atoms with Gasteiger partial charge in [-0.25, -0.2) is 5.43 Å². The van der Waals surface area contributed by atoms with Gasteiger partial charge in [-0.3, -0.25) is 9.80 Å². The third kappa shape index (κ3) is 3.02. The summed E-state index contributed by atoms with van der Waals surface area (Å²) in [5, 5.41) is 13.0. The second-order valence-electron chi connectivity index (χ2n) is 4.39. The number of hydrazine groups is 1. The fraction of sp³-hybridized carbons (Fsp3) is 0.333. The molecule has 1 amide bonds. The molecule has 0 saturated carbocycles. The molecule has 21 heavy (non-hydrogen) atoms. The van der Waals surface area contributed by atoms with Gasteiger partial charge in [-0.05, 0) is 28.6 Å². The highest BCUT2D eigenvalue weighted by atomic mass is 35.5. The van der Waals surface area contributed by atoms with Gasteiger partial charge in [0.15, 0.2) is 0 Å². The number of aromatic nitrogens is 4. The summed E-state index contributed by atoms with van der Waals surface area (Å²) in [7, 11) is 0. The number of tetrazole rings is 1. The molecule has 0 atom stereocenters. The maximum absolute atomic E-state index is 12.7. The van der Waals surface area contributed by atoms with Crippen molar-refractivity contribution in [2.75, 3.05) is 26.3 Å². The summed E-state index contributed by atoms with van der Waals surface area (Å²) in [5.41, 5.74) is 4.02. The molecule has 1 aromatic heterocycles. The molecule has 3 rings (SSSR count). The van der Waals surface area contributed by atoms with E-state index in [0.29, 0.717) is 42.6 Å². The summed E-state index contributed by atoms with van der Waals surface area (Å²) in [4.78, 5) is 12.7. The van der Waals surface area contributed by atoms with E-state index in [4.69, 9.17) is 16.3 Å². The van der Waals surface area contributed by atoms with Crippen molar-refractivity contribution in [3.63, 3.8) is 0 Å². The highest BCUT2D eigenvalue weighted by Gasteiger charge is 2.21. The zero-order valence-electron chi connectivity index (χ0n) is 11.1. The van der Waals surface area contributed by atoms with Crippen LogP contribution in [0.15, 0.2) is 24.5 Å². The maximum Gasteiger partial charge on any atom is 0.270 e. The van der Waals surface area contributed by atoms with Crippen LogP contribution in [0.3, 0.4) is 0 Å². The Bertz CT molecular complexity index is 625. The summed E-state index contributed by atoms with van der Waals surface area (Å²) >= 11 is 6.02. The molecule has 1 aromatic carbocycles. The summed E-state index contributed by atoms with van der Waals surface area (Å²) in [6.07, 6.45) is 1.43. The van der Waals surface area contributed by atoms with Crippen LogP contribution in [-0.2, 0) is 4.74 Å². The van der Waals surface area contributed by atoms with E-state index in [2.05, 4.69) is 21.0 Å². The first-order valence-electron chi connectivity index (χ1n) is 6.42. The van der Waals surface area contributed by atoms with Crippen molar-refractivity contribution in [3.05, 3.63) is 35.1 Å². The number of benzene rings is 1. The monoisotopic (exact) mass is 308 g/mol. The Kier molecular flexibility index (Phi) is 4.09. The molecule has 110 valence electrons. The summed E-state index contributed by atoms with van der Waals surface area (Å²) in [5.74, 6) is -0.200. The van der Waals surface area contributed by atoms with Crippen LogP contribution < -0.4 is 5.43 Å². The fourth-order valence-electron chi connectivity index (χ4n) is 2.06. The van der Waals surface area contributed by atoms with E-state index >= 15 is 0 Å². The molecule has 0 radical (unpaired) electrons. The number of nitrogens with zero attached hydrogens (tertiary/aromatic N) is 5. The van der Waals surface area contributed by atoms with E-state index in [9.17, 15) is 4.79 Å². The third-order valence-electron chi connectivity index (χ3n) is 3.04. The molecule has 0 aliphatic carbocycles. The van der Waals surface area contributed by atoms with Gasteiger partial charge < -0.3 is 4.74 Å². The lowest BCUT2D eigenvalue weighted by molar-refractivity contribution is 0.0660. The highest BCUT2D eigenvalue weighted by Crippen LogP contribution is 2.20. The van der Waals surface area contributed by atoms with Crippen LogP contribution in [0.5, 0.6) is 0 Å². The van der Waals surface area contributed by atoms with E-state index in [0.717, 1.165) is 0 Å². The minimum absolute atomic E-state index is 0.200. The topological polar surface area (TPSA) is 85.2 Å². The lowest BCUT2D eigenvalue weighted by Crippen LogP contribution is -2.44. The molecule has 0 bridgehead atoms. The van der Waals surface area contributed by atoms with Gasteiger partial charge in [0.2, 0.25) is 0 Å². The van der Waals surface area contributed by atoms with Crippen molar-refractivity contribution in [2.45, 2.75) is 0 Å². The number of hydrogen-bond acceptors (Lipinski definition) is 6. The summed E-state index contributed by atoms with van der Waals surface area (Å²) in [6.45, 7) is 2.09. The fourth-order valence-corrected chi connectivity index (χ4v) is 2.23. The van der Waals surface area contributed by atoms with Crippen LogP contribution in [0.25, 0.3) is 5.69 Å². The first-order chi connectivity index (χ1) is 10.3. The number of rotatable bonds is 2. The van der Waals surface area contributed by atoms with Crippen molar-refractivity contribution in [2.24, 2.45) is 0 Å². The quantitative estimate of drug-likeness (QED) is 0.858. The van der Waals surface area contributed by atoms with Gasteiger partial charge in [-0.1, -0.05) is 11.6 Å². The Labute approximate surface area is 125 Å². The number of halogens is 1. The molecule has 2 heterocycles. The van der Waals surface area contributed by atoms with Gasteiger partial charge in [0, 0.05) is 11.6 Å². The predicted octanol–water partition coefficient (Wildman–Crippen LogP) is 0.293. The Hall–Kier alpha value is -2.03. The highest BCUT2D eigenvalue weighted by molar-refractivity contribution is 6.31. The molecule has 0 spiro atoms. The van der Waals surface area contributed by atoms with E-state index in [1.807, 2.05) is 0 Å². The predicted molar refractivity (Wildman–Crippen MR) is 74.0 cm³/mol. The van der Waals surface area contributed by atoms with Crippen LogP contribution in [0.4, 0.5) is 0 Å². The van der Waals surface area contributed by atoms with Crippen LogP contribution in [0.1, 0.15) is 10.4 Å². The lowest BCUT2D eigenvalue weighted by Gasteiger charge is -2.21. The van der Waals surface area contributed by atoms with Gasteiger partial charge in [-0.15, -0.1) is 5.10 Å². The Morgan fingerprint density at radius 1 is 1.38 bits per heavy atom. The Balaban J connectivity index is 1.96. The average molecular weight is 309 g/mol. The first-order valence-corrected chi connectivity index (χ1v) is 6.79. The normalized spacial score (nSPS) is 15.8. The van der Waals surface area contributed by atoms with E-state index in [-0.39, 0.29) is 5.91 Å². The van der Waals surface area contributed by atoms with Gasteiger partial charge in [-0.2, -0.15) is 4.68 Å². The smallest absolute Gasteiger partial charge is 0.270 e. The maximum atomic E-state index is 12.7. The number of amides is 1. The van der Waals surface area contributed by atoms with E-state index in [1.165, 1.54) is 16.0 Å². The van der Waals surface area contributed by atoms with Crippen molar-refractivity contribution in [3.8, 4) is 5.69 Å². The SMILES string of the molecule is O=C(c1cc(Cl)ccc1-n1cnnn1)N1CCOCCN1. The van der Waals surface area contributed by atoms with Gasteiger partial charge in [0.25, 0.3) is 5.91 Å². The molecular formula is C12H13ClN6O2. The molecule has 8 nitrogen and oxygen atoms in total. The van der Waals surface area contributed by atoms with Crippen LogP contribution in [0, 0.1) is 0 Å². The molecular weight excluding hydrogens is 296 g/mol. The molecule has 1 aliphatic heterocycles. The molecule has 1 aliphatic rings. The molecule has 1 N–H and O–H groups in total. The molecule has 1 fully saturated rings. The van der Waals surface area contributed by atoms with E-state index in [1.54, 1.807) is 18.2 Å². The number of nitrogens with one attached hydrogen (secondary N) is 1. The minimum atomic E-state index is -0.200. The van der Waals surface area contributed by atoms with Crippen LogP contribution in [-0.4, -0.2) is 57.4 Å². The zero-order chi connectivity index (χ0) is 14.7. The molecule has 2 aromatic rings. The Morgan fingerprint density at radius 3 is 3.10 bits per heavy atom. The number of hydrogen-bond donors (Lipinski definition) is 1. The number of ether oxygens (including phenoxy) is 1. The van der Waals surface area contributed by atoms with Crippen molar-refractivity contribution < 1.29 is 9.53 Å². The van der Waals surface area contributed by atoms with Crippen LogP contribution >= 0.6 is 11.6 Å². The summed E-state index contributed by atoms with van der Waals surface area (Å²) < 4.78 is 6.75. The number of carbonyl (C=O) groups excluding carboxylic acids is 1. The van der Waals surface area contributed by atoms with E-state index < -0.39 is 0 Å².